The second kappa shape index (κ2) is 4.21. The number of anilines is 1. The first-order valence-electron chi connectivity index (χ1n) is 5.77. The van der Waals surface area contributed by atoms with Gasteiger partial charge in [0, 0.05) is 12.1 Å². The second-order valence-electron chi connectivity index (χ2n) is 4.22. The van der Waals surface area contributed by atoms with Gasteiger partial charge in [0.2, 0.25) is 5.88 Å². The lowest BCUT2D eigenvalue weighted by atomic mass is 10.1. The van der Waals surface area contributed by atoms with Crippen molar-refractivity contribution in [2.75, 3.05) is 12.8 Å². The molecule has 0 aromatic carbocycles. The number of aromatic nitrogens is 4. The van der Waals surface area contributed by atoms with Crippen LogP contribution in [0.25, 0.3) is 11.4 Å². The van der Waals surface area contributed by atoms with Crippen molar-refractivity contribution in [2.45, 2.75) is 18.8 Å². The Morgan fingerprint density at radius 1 is 1.28 bits per heavy atom. The highest BCUT2D eigenvalue weighted by Gasteiger charge is 2.31. The van der Waals surface area contributed by atoms with Crippen molar-refractivity contribution < 1.29 is 4.74 Å². The third-order valence-electron chi connectivity index (χ3n) is 2.90. The number of rotatable bonds is 3. The predicted molar refractivity (Wildman–Crippen MR) is 66.0 cm³/mol. The van der Waals surface area contributed by atoms with Crippen LogP contribution in [0.3, 0.4) is 0 Å². The summed E-state index contributed by atoms with van der Waals surface area (Å²) in [5.74, 6) is 1.90. The van der Waals surface area contributed by atoms with Crippen LogP contribution in [0, 0.1) is 0 Å². The minimum Gasteiger partial charge on any atom is -0.480 e. The van der Waals surface area contributed by atoms with E-state index in [4.69, 9.17) is 10.5 Å². The summed E-state index contributed by atoms with van der Waals surface area (Å²) < 4.78 is 5.29. The molecule has 0 saturated heterocycles. The molecule has 2 aromatic heterocycles. The van der Waals surface area contributed by atoms with E-state index in [0.29, 0.717) is 23.4 Å². The molecule has 0 bridgehead atoms. The number of hydrogen-bond acceptors (Lipinski definition) is 6. The summed E-state index contributed by atoms with van der Waals surface area (Å²) in [6.45, 7) is 0. The molecule has 18 heavy (non-hydrogen) atoms. The highest BCUT2D eigenvalue weighted by molar-refractivity contribution is 5.66. The second-order valence-corrected chi connectivity index (χ2v) is 4.22. The minimum atomic E-state index is 0.424. The van der Waals surface area contributed by atoms with Crippen molar-refractivity contribution in [3.63, 3.8) is 0 Å². The molecule has 0 spiro atoms. The van der Waals surface area contributed by atoms with Crippen LogP contribution in [0.2, 0.25) is 0 Å². The first-order chi connectivity index (χ1) is 8.79. The van der Waals surface area contributed by atoms with Gasteiger partial charge >= 0.3 is 0 Å². The molecule has 0 amide bonds. The van der Waals surface area contributed by atoms with Gasteiger partial charge in [-0.1, -0.05) is 0 Å². The normalized spacial score (nSPS) is 14.5. The molecule has 6 nitrogen and oxygen atoms in total. The van der Waals surface area contributed by atoms with Gasteiger partial charge < -0.3 is 10.5 Å². The Hall–Kier alpha value is -2.24. The molecule has 2 heterocycles. The number of nitrogen functional groups attached to an aromatic ring is 1. The molecule has 1 aliphatic rings. The van der Waals surface area contributed by atoms with E-state index >= 15 is 0 Å². The maximum absolute atomic E-state index is 5.70. The van der Waals surface area contributed by atoms with Crippen molar-refractivity contribution in [1.29, 1.82) is 0 Å². The molecule has 0 atom stereocenters. The van der Waals surface area contributed by atoms with E-state index in [9.17, 15) is 0 Å². The number of ether oxygens (including phenoxy) is 1. The predicted octanol–water partition coefficient (Wildman–Crippen LogP) is 1.40. The maximum Gasteiger partial charge on any atom is 0.227 e. The fourth-order valence-corrected chi connectivity index (χ4v) is 1.91. The van der Waals surface area contributed by atoms with Gasteiger partial charge in [-0.2, -0.15) is 0 Å². The molecule has 6 heteroatoms. The van der Waals surface area contributed by atoms with Crippen LogP contribution in [0.1, 0.15) is 24.5 Å². The van der Waals surface area contributed by atoms with E-state index in [1.54, 1.807) is 19.4 Å². The summed E-state index contributed by atoms with van der Waals surface area (Å²) in [5, 5.41) is 0. The lowest BCUT2D eigenvalue weighted by Gasteiger charge is -2.10. The lowest BCUT2D eigenvalue weighted by Crippen LogP contribution is -2.03. The van der Waals surface area contributed by atoms with Crippen LogP contribution in [0.5, 0.6) is 5.88 Å². The summed E-state index contributed by atoms with van der Waals surface area (Å²) in [6, 6.07) is 1.65. The zero-order chi connectivity index (χ0) is 12.5. The van der Waals surface area contributed by atoms with Gasteiger partial charge in [-0.15, -0.1) is 0 Å². The number of hydrogen-bond donors (Lipinski definition) is 1. The molecule has 1 fully saturated rings. The van der Waals surface area contributed by atoms with E-state index in [2.05, 4.69) is 19.9 Å². The topological polar surface area (TPSA) is 86.8 Å². The Balaban J connectivity index is 2.19. The van der Waals surface area contributed by atoms with Crippen molar-refractivity contribution in [3.05, 3.63) is 24.3 Å². The van der Waals surface area contributed by atoms with Crippen molar-refractivity contribution >= 4 is 5.82 Å². The van der Waals surface area contributed by atoms with Crippen LogP contribution in [0.15, 0.2) is 18.6 Å². The van der Waals surface area contributed by atoms with Gasteiger partial charge in [-0.3, -0.25) is 0 Å². The summed E-state index contributed by atoms with van der Waals surface area (Å²) in [5.41, 5.74) is 7.41. The van der Waals surface area contributed by atoms with Gasteiger partial charge in [0.15, 0.2) is 5.82 Å². The van der Waals surface area contributed by atoms with Gasteiger partial charge in [-0.05, 0) is 18.9 Å². The first kappa shape index (κ1) is 10.9. The minimum absolute atomic E-state index is 0.424. The third-order valence-corrected chi connectivity index (χ3v) is 2.90. The fourth-order valence-electron chi connectivity index (χ4n) is 1.91. The van der Waals surface area contributed by atoms with Crippen LogP contribution in [0.4, 0.5) is 5.82 Å². The molecule has 1 saturated carbocycles. The molecule has 0 aliphatic heterocycles. The Kier molecular flexibility index (Phi) is 2.55. The Morgan fingerprint density at radius 2 is 2.11 bits per heavy atom. The Morgan fingerprint density at radius 3 is 2.78 bits per heavy atom. The summed E-state index contributed by atoms with van der Waals surface area (Å²) in [4.78, 5) is 16.9. The SMILES string of the molecule is COc1ncnc(C2CC2)c1-c1nccc(N)n1. The average Bonchev–Trinajstić information content (AvgIpc) is 3.22. The molecule has 2 N–H and O–H groups in total. The first-order valence-corrected chi connectivity index (χ1v) is 5.77. The molecular formula is C12H13N5O. The van der Waals surface area contributed by atoms with Crippen LogP contribution < -0.4 is 10.5 Å². The van der Waals surface area contributed by atoms with Gasteiger partial charge in [0.1, 0.15) is 17.7 Å². The Bertz CT molecular complexity index is 582. The van der Waals surface area contributed by atoms with E-state index < -0.39 is 0 Å². The summed E-state index contributed by atoms with van der Waals surface area (Å²) in [6.07, 6.45) is 5.41. The zero-order valence-electron chi connectivity index (χ0n) is 10.00. The highest BCUT2D eigenvalue weighted by Crippen LogP contribution is 2.44. The van der Waals surface area contributed by atoms with Crippen molar-refractivity contribution in [3.8, 4) is 17.3 Å². The summed E-state index contributed by atoms with van der Waals surface area (Å²) in [7, 11) is 1.58. The fraction of sp³-hybridized carbons (Fsp3) is 0.333. The quantitative estimate of drug-likeness (QED) is 0.876. The van der Waals surface area contributed by atoms with Crippen LogP contribution >= 0.6 is 0 Å². The van der Waals surface area contributed by atoms with Gasteiger partial charge in [-0.25, -0.2) is 19.9 Å². The smallest absolute Gasteiger partial charge is 0.227 e. The maximum atomic E-state index is 5.70. The number of nitrogens with two attached hydrogens (primary N) is 1. The van der Waals surface area contributed by atoms with Gasteiger partial charge in [0.05, 0.1) is 12.8 Å². The monoisotopic (exact) mass is 243 g/mol. The van der Waals surface area contributed by atoms with E-state index in [-0.39, 0.29) is 0 Å². The molecule has 92 valence electrons. The van der Waals surface area contributed by atoms with E-state index in [1.807, 2.05) is 0 Å². The third kappa shape index (κ3) is 1.85. The Labute approximate surface area is 104 Å². The molecule has 3 rings (SSSR count). The van der Waals surface area contributed by atoms with Crippen LogP contribution in [-0.4, -0.2) is 27.0 Å². The molecular weight excluding hydrogens is 230 g/mol. The van der Waals surface area contributed by atoms with Crippen molar-refractivity contribution in [2.24, 2.45) is 0 Å². The molecule has 2 aromatic rings. The highest BCUT2D eigenvalue weighted by atomic mass is 16.5. The van der Waals surface area contributed by atoms with Crippen molar-refractivity contribution in [1.82, 2.24) is 19.9 Å². The number of nitrogens with zero attached hydrogens (tertiary/aromatic N) is 4. The largest absolute Gasteiger partial charge is 0.480 e. The standard InChI is InChI=1S/C12H13N5O/c1-18-12-9(11-14-5-4-8(13)17-11)10(7-2-3-7)15-6-16-12/h4-7H,2-3H2,1H3,(H2,13,14,17). The number of methoxy groups -OCH3 is 1. The zero-order valence-corrected chi connectivity index (χ0v) is 10.00. The van der Waals surface area contributed by atoms with Crippen LogP contribution in [-0.2, 0) is 0 Å². The summed E-state index contributed by atoms with van der Waals surface area (Å²) >= 11 is 0. The van der Waals surface area contributed by atoms with E-state index in [0.717, 1.165) is 24.1 Å². The lowest BCUT2D eigenvalue weighted by molar-refractivity contribution is 0.397. The van der Waals surface area contributed by atoms with Gasteiger partial charge in [0.25, 0.3) is 0 Å². The average molecular weight is 243 g/mol. The molecule has 0 unspecified atom stereocenters. The van der Waals surface area contributed by atoms with E-state index in [1.165, 1.54) is 6.33 Å². The molecule has 1 aliphatic carbocycles. The molecule has 0 radical (unpaired) electrons.